The van der Waals surface area contributed by atoms with Gasteiger partial charge in [0.2, 0.25) is 6.29 Å². The molecule has 2 heteroatoms. The van der Waals surface area contributed by atoms with Gasteiger partial charge in [0.15, 0.2) is 0 Å². The van der Waals surface area contributed by atoms with E-state index in [1.54, 1.807) is 6.92 Å². The molecule has 2 nitrogen and oxygen atoms in total. The van der Waals surface area contributed by atoms with Crippen LogP contribution in [0.4, 0.5) is 0 Å². The third-order valence-corrected chi connectivity index (χ3v) is 2.56. The van der Waals surface area contributed by atoms with E-state index in [0.29, 0.717) is 0 Å². The first-order valence-electron chi connectivity index (χ1n) is 4.81. The van der Waals surface area contributed by atoms with E-state index in [-0.39, 0.29) is 0 Å². The lowest BCUT2D eigenvalue weighted by molar-refractivity contribution is 0.509. The van der Waals surface area contributed by atoms with E-state index in [9.17, 15) is 4.79 Å². The van der Waals surface area contributed by atoms with E-state index >= 15 is 0 Å². The van der Waals surface area contributed by atoms with Crippen molar-refractivity contribution >= 4 is 17.1 Å². The van der Waals surface area contributed by atoms with Gasteiger partial charge in [0.1, 0.15) is 5.54 Å². The summed E-state index contributed by atoms with van der Waals surface area (Å²) in [5, 5.41) is 2.23. The molecule has 2 rings (SSSR count). The standard InChI is InChI=1S/C13H12NO/c1-13(14,9-15)12-7-6-10-4-2-3-5-11(10)8-12/h2-8H,14H2,1H3/t13-/m0/s1. The lowest BCUT2D eigenvalue weighted by atomic mass is 9.93. The Morgan fingerprint density at radius 2 is 1.80 bits per heavy atom. The number of carbonyl (C=O) groups excluding carboxylic acids is 1. The van der Waals surface area contributed by atoms with Gasteiger partial charge in [-0.2, -0.15) is 0 Å². The van der Waals surface area contributed by atoms with Gasteiger partial charge in [-0.05, 0) is 29.3 Å². The molecule has 75 valence electrons. The van der Waals surface area contributed by atoms with Gasteiger partial charge in [0, 0.05) is 0 Å². The fourth-order valence-corrected chi connectivity index (χ4v) is 1.57. The van der Waals surface area contributed by atoms with Crippen LogP contribution in [0.25, 0.3) is 10.8 Å². The zero-order valence-electron chi connectivity index (χ0n) is 8.53. The third kappa shape index (κ3) is 1.76. The maximum atomic E-state index is 10.7. The zero-order valence-corrected chi connectivity index (χ0v) is 8.53. The van der Waals surface area contributed by atoms with Gasteiger partial charge in [-0.25, -0.2) is 0 Å². The van der Waals surface area contributed by atoms with Crippen LogP contribution in [0.2, 0.25) is 0 Å². The summed E-state index contributed by atoms with van der Waals surface area (Å²) in [4.78, 5) is 10.7. The largest absolute Gasteiger partial charge is 0.315 e. The maximum Gasteiger partial charge on any atom is 0.224 e. The monoisotopic (exact) mass is 198 g/mol. The number of nitrogens with two attached hydrogens (primary N) is 1. The fraction of sp³-hybridized carbons (Fsp3) is 0.154. The highest BCUT2D eigenvalue weighted by Gasteiger charge is 2.21. The third-order valence-electron chi connectivity index (χ3n) is 2.56. The van der Waals surface area contributed by atoms with Gasteiger partial charge in [0.25, 0.3) is 0 Å². The van der Waals surface area contributed by atoms with E-state index in [2.05, 4.69) is 0 Å². The predicted octanol–water partition coefficient (Wildman–Crippen LogP) is 2.12. The molecule has 0 spiro atoms. The highest BCUT2D eigenvalue weighted by Crippen LogP contribution is 2.21. The second-order valence-corrected chi connectivity index (χ2v) is 3.87. The Kier molecular flexibility index (Phi) is 2.29. The summed E-state index contributed by atoms with van der Waals surface area (Å²) in [7, 11) is 0. The van der Waals surface area contributed by atoms with Crippen LogP contribution in [0.1, 0.15) is 12.5 Å². The fourth-order valence-electron chi connectivity index (χ4n) is 1.57. The van der Waals surface area contributed by atoms with Crippen molar-refractivity contribution in [3.05, 3.63) is 48.0 Å². The molecule has 1 atom stereocenters. The number of hydrogen-bond donors (Lipinski definition) is 1. The zero-order chi connectivity index (χ0) is 10.9. The molecule has 0 saturated heterocycles. The van der Waals surface area contributed by atoms with E-state index in [1.165, 1.54) is 0 Å². The van der Waals surface area contributed by atoms with E-state index in [1.807, 2.05) is 48.8 Å². The highest BCUT2D eigenvalue weighted by molar-refractivity contribution is 5.84. The number of hydrogen-bond acceptors (Lipinski definition) is 2. The average molecular weight is 198 g/mol. The molecule has 0 bridgehead atoms. The first-order chi connectivity index (χ1) is 7.13. The van der Waals surface area contributed by atoms with Crippen molar-refractivity contribution in [2.75, 3.05) is 0 Å². The molecule has 2 N–H and O–H groups in total. The predicted molar refractivity (Wildman–Crippen MR) is 61.2 cm³/mol. The minimum atomic E-state index is -1.02. The van der Waals surface area contributed by atoms with E-state index in [0.717, 1.165) is 16.3 Å². The Labute approximate surface area is 88.7 Å². The molecule has 0 aliphatic heterocycles. The Balaban J connectivity index is 2.61. The van der Waals surface area contributed by atoms with Gasteiger partial charge in [-0.15, -0.1) is 0 Å². The van der Waals surface area contributed by atoms with E-state index < -0.39 is 5.54 Å². The quantitative estimate of drug-likeness (QED) is 0.803. The normalized spacial score (nSPS) is 14.8. The van der Waals surface area contributed by atoms with Crippen molar-refractivity contribution < 1.29 is 4.79 Å². The number of fused-ring (bicyclic) bond motifs is 1. The summed E-state index contributed by atoms with van der Waals surface area (Å²) in [5.41, 5.74) is 5.57. The van der Waals surface area contributed by atoms with Crippen molar-refractivity contribution in [3.63, 3.8) is 0 Å². The molecule has 0 amide bonds. The molecule has 0 aliphatic carbocycles. The molecule has 0 fully saturated rings. The van der Waals surface area contributed by atoms with Gasteiger partial charge in [0.05, 0.1) is 0 Å². The lowest BCUT2D eigenvalue weighted by Crippen LogP contribution is -2.34. The van der Waals surface area contributed by atoms with Gasteiger partial charge < -0.3 is 5.73 Å². The van der Waals surface area contributed by atoms with Crippen LogP contribution in [0.3, 0.4) is 0 Å². The molecule has 0 aliphatic rings. The number of benzene rings is 2. The molecule has 2 aromatic rings. The molecule has 0 aromatic heterocycles. The van der Waals surface area contributed by atoms with Crippen LogP contribution in [0.15, 0.2) is 42.5 Å². The van der Waals surface area contributed by atoms with Crippen molar-refractivity contribution in [1.29, 1.82) is 0 Å². The van der Waals surface area contributed by atoms with Gasteiger partial charge in [-0.3, -0.25) is 4.79 Å². The van der Waals surface area contributed by atoms with Crippen LogP contribution in [0.5, 0.6) is 0 Å². The lowest BCUT2D eigenvalue weighted by Gasteiger charge is -2.16. The van der Waals surface area contributed by atoms with Gasteiger partial charge >= 0.3 is 0 Å². The van der Waals surface area contributed by atoms with Crippen LogP contribution < -0.4 is 5.73 Å². The second-order valence-electron chi connectivity index (χ2n) is 3.87. The van der Waals surface area contributed by atoms with Gasteiger partial charge in [-0.1, -0.05) is 36.4 Å². The maximum absolute atomic E-state index is 10.7. The summed E-state index contributed by atoms with van der Waals surface area (Å²) in [6.45, 7) is 1.66. The Morgan fingerprint density at radius 1 is 1.13 bits per heavy atom. The molecular weight excluding hydrogens is 186 g/mol. The van der Waals surface area contributed by atoms with Crippen LogP contribution in [-0.4, -0.2) is 6.29 Å². The van der Waals surface area contributed by atoms with Crippen molar-refractivity contribution in [2.45, 2.75) is 12.5 Å². The molecule has 0 unspecified atom stereocenters. The van der Waals surface area contributed by atoms with Crippen LogP contribution in [-0.2, 0) is 10.3 Å². The Bertz CT molecular complexity index is 503. The minimum Gasteiger partial charge on any atom is -0.315 e. The smallest absolute Gasteiger partial charge is 0.224 e. The van der Waals surface area contributed by atoms with Crippen LogP contribution in [0, 0.1) is 0 Å². The molecule has 1 radical (unpaired) electrons. The van der Waals surface area contributed by atoms with Crippen molar-refractivity contribution in [3.8, 4) is 0 Å². The summed E-state index contributed by atoms with van der Waals surface area (Å²) >= 11 is 0. The molecule has 0 heterocycles. The minimum absolute atomic E-state index is 0.788. The first-order valence-corrected chi connectivity index (χ1v) is 4.81. The van der Waals surface area contributed by atoms with Crippen LogP contribution >= 0.6 is 0 Å². The summed E-state index contributed by atoms with van der Waals surface area (Å²) in [6.07, 6.45) is 1.85. The Hall–Kier alpha value is -1.67. The summed E-state index contributed by atoms with van der Waals surface area (Å²) in [6, 6.07) is 13.7. The molecular formula is C13H12NO. The first kappa shape index (κ1) is 9.87. The topological polar surface area (TPSA) is 43.1 Å². The highest BCUT2D eigenvalue weighted by atomic mass is 16.1. The number of rotatable bonds is 2. The average Bonchev–Trinajstić information content (AvgIpc) is 2.28. The Morgan fingerprint density at radius 3 is 2.47 bits per heavy atom. The van der Waals surface area contributed by atoms with Crippen molar-refractivity contribution in [2.24, 2.45) is 5.73 Å². The molecule has 0 saturated carbocycles. The second kappa shape index (κ2) is 3.48. The molecule has 2 aromatic carbocycles. The SMILES string of the molecule is C[C@](N)([C]=O)c1ccc2ccccc2c1. The summed E-state index contributed by atoms with van der Waals surface area (Å²) < 4.78 is 0. The summed E-state index contributed by atoms with van der Waals surface area (Å²) in [5.74, 6) is 0. The van der Waals surface area contributed by atoms with Crippen molar-refractivity contribution in [1.82, 2.24) is 0 Å². The van der Waals surface area contributed by atoms with E-state index in [4.69, 9.17) is 5.73 Å². The molecule has 15 heavy (non-hydrogen) atoms.